The molecule has 0 unspecified atom stereocenters. The van der Waals surface area contributed by atoms with E-state index in [2.05, 4.69) is 10.3 Å². The number of carbonyl (C=O) groups excluding carboxylic acids is 1. The highest BCUT2D eigenvalue weighted by atomic mass is 35.5. The van der Waals surface area contributed by atoms with Gasteiger partial charge in [-0.25, -0.2) is 4.98 Å². The lowest BCUT2D eigenvalue weighted by Crippen LogP contribution is -2.12. The highest BCUT2D eigenvalue weighted by molar-refractivity contribution is 6.32. The minimum atomic E-state index is -0.630. The van der Waals surface area contributed by atoms with Crippen LogP contribution >= 0.6 is 11.6 Å². The summed E-state index contributed by atoms with van der Waals surface area (Å²) >= 11 is 5.80. The number of aryl methyl sites for hydroxylation is 1. The number of hydrogen-bond acceptors (Lipinski definition) is 5. The van der Waals surface area contributed by atoms with E-state index in [1.54, 1.807) is 18.2 Å². The number of fused-ring (bicyclic) bond motifs is 1. The lowest BCUT2D eigenvalue weighted by molar-refractivity contribution is -0.384. The Morgan fingerprint density at radius 1 is 1.14 bits per heavy atom. The second-order valence-corrected chi connectivity index (χ2v) is 6.86. The third kappa shape index (κ3) is 3.81. The zero-order valence-electron chi connectivity index (χ0n) is 15.2. The molecule has 1 N–H and O–H groups in total. The van der Waals surface area contributed by atoms with Crippen molar-refractivity contribution < 1.29 is 14.1 Å². The third-order valence-corrected chi connectivity index (χ3v) is 4.64. The Morgan fingerprint density at radius 3 is 2.76 bits per heavy atom. The summed E-state index contributed by atoms with van der Waals surface area (Å²) in [4.78, 5) is 27.4. The Labute approximate surface area is 170 Å². The molecule has 0 aliphatic rings. The largest absolute Gasteiger partial charge is 0.436 e. The summed E-state index contributed by atoms with van der Waals surface area (Å²) < 4.78 is 5.82. The maximum Gasteiger partial charge on any atom is 0.288 e. The van der Waals surface area contributed by atoms with Crippen LogP contribution in [-0.4, -0.2) is 15.8 Å². The second kappa shape index (κ2) is 7.37. The quantitative estimate of drug-likeness (QED) is 0.350. The Kier molecular flexibility index (Phi) is 4.74. The molecule has 4 rings (SSSR count). The molecule has 1 aromatic heterocycles. The molecular weight excluding hydrogens is 394 g/mol. The van der Waals surface area contributed by atoms with Gasteiger partial charge < -0.3 is 9.73 Å². The fourth-order valence-electron chi connectivity index (χ4n) is 2.88. The maximum absolute atomic E-state index is 12.5. The zero-order chi connectivity index (χ0) is 20.5. The van der Waals surface area contributed by atoms with Crippen molar-refractivity contribution in [2.45, 2.75) is 6.92 Å². The van der Waals surface area contributed by atoms with Gasteiger partial charge in [0.25, 0.3) is 11.6 Å². The van der Waals surface area contributed by atoms with Crippen LogP contribution in [0.2, 0.25) is 5.02 Å². The molecule has 0 fully saturated rings. The van der Waals surface area contributed by atoms with Crippen molar-refractivity contribution >= 4 is 40.0 Å². The van der Waals surface area contributed by atoms with Crippen molar-refractivity contribution in [3.05, 3.63) is 86.9 Å². The fourth-order valence-corrected chi connectivity index (χ4v) is 3.07. The average molecular weight is 408 g/mol. The van der Waals surface area contributed by atoms with E-state index < -0.39 is 10.8 Å². The number of amides is 1. The van der Waals surface area contributed by atoms with Gasteiger partial charge in [0.05, 0.1) is 4.92 Å². The van der Waals surface area contributed by atoms with Gasteiger partial charge in [-0.05, 0) is 55.0 Å². The molecule has 1 amide bonds. The lowest BCUT2D eigenvalue weighted by atomic mass is 10.1. The number of hydrogen-bond donors (Lipinski definition) is 1. The Hall–Kier alpha value is -3.71. The standard InChI is InChI=1S/C21H14ClN3O4/c1-12-5-8-17-19(9-12)29-21(24-17)14-3-2-4-15(10-14)23-20(26)13-6-7-16(22)18(11-13)25(27)28/h2-11H,1H3,(H,23,26). The summed E-state index contributed by atoms with van der Waals surface area (Å²) in [5.41, 5.74) is 3.50. The minimum Gasteiger partial charge on any atom is -0.436 e. The first-order chi connectivity index (χ1) is 13.9. The molecular formula is C21H14ClN3O4. The van der Waals surface area contributed by atoms with Gasteiger partial charge in [-0.2, -0.15) is 0 Å². The van der Waals surface area contributed by atoms with Crippen LogP contribution in [0.5, 0.6) is 0 Å². The molecule has 0 aliphatic carbocycles. The summed E-state index contributed by atoms with van der Waals surface area (Å²) in [7, 11) is 0. The van der Waals surface area contributed by atoms with Crippen LogP contribution < -0.4 is 5.32 Å². The molecule has 3 aromatic carbocycles. The van der Waals surface area contributed by atoms with Gasteiger partial charge >= 0.3 is 0 Å². The van der Waals surface area contributed by atoms with E-state index in [4.69, 9.17) is 16.0 Å². The molecule has 0 atom stereocenters. The molecule has 0 aliphatic heterocycles. The van der Waals surface area contributed by atoms with Gasteiger partial charge in [0.15, 0.2) is 5.58 Å². The van der Waals surface area contributed by atoms with Gasteiger partial charge in [-0.1, -0.05) is 23.7 Å². The molecule has 7 nitrogen and oxygen atoms in total. The number of anilines is 1. The maximum atomic E-state index is 12.5. The fraction of sp³-hybridized carbons (Fsp3) is 0.0476. The second-order valence-electron chi connectivity index (χ2n) is 6.45. The van der Waals surface area contributed by atoms with Crippen LogP contribution in [-0.2, 0) is 0 Å². The first kappa shape index (κ1) is 18.6. The molecule has 1 heterocycles. The van der Waals surface area contributed by atoms with Crippen LogP contribution in [0.3, 0.4) is 0 Å². The third-order valence-electron chi connectivity index (χ3n) is 4.32. The van der Waals surface area contributed by atoms with Crippen LogP contribution in [0, 0.1) is 17.0 Å². The zero-order valence-corrected chi connectivity index (χ0v) is 15.9. The lowest BCUT2D eigenvalue weighted by Gasteiger charge is -2.07. The summed E-state index contributed by atoms with van der Waals surface area (Å²) in [6.45, 7) is 1.97. The van der Waals surface area contributed by atoms with Crippen molar-refractivity contribution in [2.24, 2.45) is 0 Å². The summed E-state index contributed by atoms with van der Waals surface area (Å²) in [5.74, 6) is -0.0565. The highest BCUT2D eigenvalue weighted by Gasteiger charge is 2.17. The summed E-state index contributed by atoms with van der Waals surface area (Å²) in [6, 6.07) is 16.7. The predicted octanol–water partition coefficient (Wildman–Crippen LogP) is 5.62. The number of nitro benzene ring substituents is 1. The van der Waals surface area contributed by atoms with E-state index >= 15 is 0 Å². The first-order valence-electron chi connectivity index (χ1n) is 8.63. The number of nitrogens with zero attached hydrogens (tertiary/aromatic N) is 2. The van der Waals surface area contributed by atoms with E-state index in [1.807, 2.05) is 31.2 Å². The number of rotatable bonds is 4. The Bertz CT molecular complexity index is 1270. The average Bonchev–Trinajstić information content (AvgIpc) is 3.11. The van der Waals surface area contributed by atoms with Gasteiger partial charge in [-0.3, -0.25) is 14.9 Å². The summed E-state index contributed by atoms with van der Waals surface area (Å²) in [5, 5.41) is 13.7. The topological polar surface area (TPSA) is 98.3 Å². The van der Waals surface area contributed by atoms with Gasteiger partial charge in [0, 0.05) is 22.9 Å². The van der Waals surface area contributed by atoms with E-state index in [0.29, 0.717) is 22.7 Å². The van der Waals surface area contributed by atoms with Gasteiger partial charge in [0.2, 0.25) is 5.89 Å². The number of benzene rings is 3. The number of carbonyl (C=O) groups is 1. The van der Waals surface area contributed by atoms with Crippen LogP contribution in [0.4, 0.5) is 11.4 Å². The molecule has 0 saturated heterocycles. The molecule has 8 heteroatoms. The van der Waals surface area contributed by atoms with Crippen molar-refractivity contribution in [3.63, 3.8) is 0 Å². The molecule has 0 spiro atoms. The molecule has 29 heavy (non-hydrogen) atoms. The number of nitrogens with one attached hydrogen (secondary N) is 1. The number of halogens is 1. The van der Waals surface area contributed by atoms with Gasteiger partial charge in [-0.15, -0.1) is 0 Å². The Morgan fingerprint density at radius 2 is 1.97 bits per heavy atom. The van der Waals surface area contributed by atoms with Crippen LogP contribution in [0.15, 0.2) is 65.1 Å². The van der Waals surface area contributed by atoms with E-state index in [-0.39, 0.29) is 16.3 Å². The highest BCUT2D eigenvalue weighted by Crippen LogP contribution is 2.28. The SMILES string of the molecule is Cc1ccc2nc(-c3cccc(NC(=O)c4ccc(Cl)c([N+](=O)[O-])c4)c3)oc2c1. The molecule has 0 radical (unpaired) electrons. The van der Waals surface area contributed by atoms with E-state index in [0.717, 1.165) is 17.1 Å². The molecule has 4 aromatic rings. The van der Waals surface area contributed by atoms with Crippen LogP contribution in [0.1, 0.15) is 15.9 Å². The predicted molar refractivity (Wildman–Crippen MR) is 110 cm³/mol. The minimum absolute atomic E-state index is 0.0280. The van der Waals surface area contributed by atoms with Crippen molar-refractivity contribution in [2.75, 3.05) is 5.32 Å². The molecule has 0 bridgehead atoms. The van der Waals surface area contributed by atoms with Crippen LogP contribution in [0.25, 0.3) is 22.6 Å². The van der Waals surface area contributed by atoms with E-state index in [9.17, 15) is 14.9 Å². The van der Waals surface area contributed by atoms with Crippen molar-refractivity contribution in [3.8, 4) is 11.5 Å². The van der Waals surface area contributed by atoms with Crippen molar-refractivity contribution in [1.29, 1.82) is 0 Å². The normalized spacial score (nSPS) is 10.8. The number of oxazole rings is 1. The van der Waals surface area contributed by atoms with E-state index in [1.165, 1.54) is 12.1 Å². The number of aromatic nitrogens is 1. The smallest absolute Gasteiger partial charge is 0.288 e. The number of nitro groups is 1. The van der Waals surface area contributed by atoms with Gasteiger partial charge in [0.1, 0.15) is 10.5 Å². The summed E-state index contributed by atoms with van der Waals surface area (Å²) in [6.07, 6.45) is 0. The monoisotopic (exact) mass is 407 g/mol. The Balaban J connectivity index is 1.61. The first-order valence-corrected chi connectivity index (χ1v) is 9.01. The molecule has 144 valence electrons. The van der Waals surface area contributed by atoms with Crippen molar-refractivity contribution in [1.82, 2.24) is 4.98 Å². The molecule has 0 saturated carbocycles.